The summed E-state index contributed by atoms with van der Waals surface area (Å²) < 4.78 is 10.8. The van der Waals surface area contributed by atoms with Crippen molar-refractivity contribution in [1.82, 2.24) is 10.2 Å². The highest BCUT2D eigenvalue weighted by atomic mass is 16.5. The summed E-state index contributed by atoms with van der Waals surface area (Å²) >= 11 is 0. The molecule has 0 bridgehead atoms. The van der Waals surface area contributed by atoms with E-state index in [2.05, 4.69) is 29.6 Å². The first kappa shape index (κ1) is 24.7. The number of nitrogens with one attached hydrogen (secondary N) is 1. The molecule has 1 heterocycles. The van der Waals surface area contributed by atoms with Crippen LogP contribution in [0.2, 0.25) is 0 Å². The lowest BCUT2D eigenvalue weighted by atomic mass is 9.91. The summed E-state index contributed by atoms with van der Waals surface area (Å²) in [5, 5.41) is 12.3. The predicted molar refractivity (Wildman–Crippen MR) is 130 cm³/mol. The van der Waals surface area contributed by atoms with Crippen molar-refractivity contribution >= 4 is 18.0 Å². The lowest BCUT2D eigenvalue weighted by Gasteiger charge is -2.38. The van der Waals surface area contributed by atoms with Crippen LogP contribution in [0.25, 0.3) is 11.1 Å². The molecule has 0 saturated carbocycles. The summed E-state index contributed by atoms with van der Waals surface area (Å²) in [6.45, 7) is 2.73. The Hall–Kier alpha value is -3.39. The molecule has 0 aromatic heterocycles. The Labute approximate surface area is 205 Å². The van der Waals surface area contributed by atoms with E-state index in [0.29, 0.717) is 19.5 Å². The predicted octanol–water partition coefficient (Wildman–Crippen LogP) is 3.79. The van der Waals surface area contributed by atoms with Gasteiger partial charge in [0.25, 0.3) is 0 Å². The van der Waals surface area contributed by atoms with E-state index < -0.39 is 17.7 Å². The molecule has 2 aromatic rings. The Balaban J connectivity index is 1.30. The number of ether oxygens (including phenoxy) is 2. The number of hydrogen-bond acceptors (Lipinski definition) is 5. The Kier molecular flexibility index (Phi) is 7.40. The van der Waals surface area contributed by atoms with E-state index in [1.165, 1.54) is 7.11 Å². The average Bonchev–Trinajstić information content (AvgIpc) is 3.20. The highest BCUT2D eigenvalue weighted by Crippen LogP contribution is 2.44. The highest BCUT2D eigenvalue weighted by Gasteiger charge is 2.42. The zero-order chi connectivity index (χ0) is 25.0. The minimum Gasteiger partial charge on any atom is -0.479 e. The van der Waals surface area contributed by atoms with E-state index in [1.807, 2.05) is 31.2 Å². The molecule has 1 atom stereocenters. The van der Waals surface area contributed by atoms with Gasteiger partial charge in [-0.3, -0.25) is 4.79 Å². The molecular weight excluding hydrogens is 448 g/mol. The molecule has 8 nitrogen and oxygen atoms in total. The largest absolute Gasteiger partial charge is 0.479 e. The number of hydrogen-bond donors (Lipinski definition) is 2. The van der Waals surface area contributed by atoms with Gasteiger partial charge in [-0.15, -0.1) is 0 Å². The van der Waals surface area contributed by atoms with Gasteiger partial charge >= 0.3 is 12.1 Å². The van der Waals surface area contributed by atoms with Crippen LogP contribution in [-0.2, 0) is 19.1 Å². The van der Waals surface area contributed by atoms with Gasteiger partial charge in [-0.2, -0.15) is 0 Å². The fourth-order valence-electron chi connectivity index (χ4n) is 5.07. The topological polar surface area (TPSA) is 105 Å². The second kappa shape index (κ2) is 10.5. The Morgan fingerprint density at radius 2 is 1.63 bits per heavy atom. The van der Waals surface area contributed by atoms with Gasteiger partial charge in [0.15, 0.2) is 5.60 Å². The summed E-state index contributed by atoms with van der Waals surface area (Å²) in [4.78, 5) is 38.6. The fraction of sp³-hybridized carbons (Fsp3) is 0.444. The Morgan fingerprint density at radius 3 is 2.14 bits per heavy atom. The molecule has 186 valence electrons. The molecule has 1 saturated heterocycles. The quantitative estimate of drug-likeness (QED) is 0.596. The number of carbonyl (C=O) groups excluding carboxylic acids is 2. The number of fused-ring (bicyclic) bond motifs is 3. The molecule has 2 amide bonds. The van der Waals surface area contributed by atoms with Crippen LogP contribution in [0.5, 0.6) is 0 Å². The minimum atomic E-state index is -1.24. The molecule has 1 fully saturated rings. The number of amides is 2. The van der Waals surface area contributed by atoms with Crippen molar-refractivity contribution in [2.24, 2.45) is 0 Å². The van der Waals surface area contributed by atoms with E-state index in [0.717, 1.165) is 22.3 Å². The molecule has 8 heteroatoms. The second-order valence-corrected chi connectivity index (χ2v) is 9.16. The Bertz CT molecular complexity index is 1050. The molecule has 2 aliphatic rings. The molecule has 0 spiro atoms. The van der Waals surface area contributed by atoms with Crippen molar-refractivity contribution in [3.8, 4) is 11.1 Å². The van der Waals surface area contributed by atoms with Gasteiger partial charge < -0.3 is 24.8 Å². The molecule has 4 rings (SSSR count). The van der Waals surface area contributed by atoms with Crippen LogP contribution < -0.4 is 5.32 Å². The van der Waals surface area contributed by atoms with Gasteiger partial charge in [0.1, 0.15) is 6.61 Å². The number of methoxy groups -OCH3 is 1. The fourth-order valence-corrected chi connectivity index (χ4v) is 5.07. The van der Waals surface area contributed by atoms with E-state index in [-0.39, 0.29) is 43.7 Å². The first-order valence-corrected chi connectivity index (χ1v) is 12.1. The maximum Gasteiger partial charge on any atom is 0.407 e. The number of rotatable bonds is 8. The number of carboxylic acid groups (broad SMARTS) is 1. The third-order valence-corrected chi connectivity index (χ3v) is 7.28. The average molecular weight is 481 g/mol. The van der Waals surface area contributed by atoms with Crippen LogP contribution in [0.4, 0.5) is 4.79 Å². The molecule has 2 aromatic carbocycles. The maximum atomic E-state index is 12.8. The number of likely N-dealkylation sites (tertiary alicyclic amines) is 1. The normalized spacial score (nSPS) is 17.3. The van der Waals surface area contributed by atoms with Crippen molar-refractivity contribution < 1.29 is 29.0 Å². The third kappa shape index (κ3) is 5.03. The van der Waals surface area contributed by atoms with Crippen molar-refractivity contribution in [2.45, 2.75) is 50.2 Å². The van der Waals surface area contributed by atoms with E-state index >= 15 is 0 Å². The van der Waals surface area contributed by atoms with Crippen molar-refractivity contribution in [3.63, 3.8) is 0 Å². The van der Waals surface area contributed by atoms with Gasteiger partial charge in [0, 0.05) is 51.4 Å². The van der Waals surface area contributed by atoms with Crippen LogP contribution in [0, 0.1) is 0 Å². The monoisotopic (exact) mass is 480 g/mol. The number of alkyl carbamates (subject to hydrolysis) is 1. The van der Waals surface area contributed by atoms with Crippen LogP contribution in [-0.4, -0.2) is 66.4 Å². The van der Waals surface area contributed by atoms with E-state index in [4.69, 9.17) is 9.47 Å². The minimum absolute atomic E-state index is 0.0292. The van der Waals surface area contributed by atoms with Gasteiger partial charge in [-0.25, -0.2) is 9.59 Å². The zero-order valence-electron chi connectivity index (χ0n) is 20.2. The first-order chi connectivity index (χ1) is 16.9. The lowest BCUT2D eigenvalue weighted by molar-refractivity contribution is -0.170. The summed E-state index contributed by atoms with van der Waals surface area (Å²) in [6.07, 6.45) is 0.631. The standard InChI is InChI=1S/C27H32N2O6/c1-3-18(16-24(30)29-14-12-27(34-2,13-15-29)25(31)32)28-26(33)35-17-23-21-10-6-4-8-19(21)20-9-5-7-11-22(20)23/h4-11,18,23H,3,12-17H2,1-2H3,(H,28,33)(H,31,32). The van der Waals surface area contributed by atoms with Crippen molar-refractivity contribution in [3.05, 3.63) is 59.7 Å². The number of carboxylic acids is 1. The highest BCUT2D eigenvalue weighted by molar-refractivity contribution is 5.81. The molecule has 1 aliphatic heterocycles. The van der Waals surface area contributed by atoms with Crippen LogP contribution in [0.15, 0.2) is 48.5 Å². The SMILES string of the molecule is CCC(CC(=O)N1CCC(OC)(C(=O)O)CC1)NC(=O)OCC1c2ccccc2-c2ccccc21. The van der Waals surface area contributed by atoms with Crippen LogP contribution in [0.1, 0.15) is 49.7 Å². The summed E-state index contributed by atoms with van der Waals surface area (Å²) in [6, 6.07) is 15.9. The van der Waals surface area contributed by atoms with Gasteiger partial charge in [0.2, 0.25) is 5.91 Å². The van der Waals surface area contributed by atoms with Gasteiger partial charge in [-0.1, -0.05) is 55.5 Å². The molecule has 1 unspecified atom stereocenters. The Morgan fingerprint density at radius 1 is 1.06 bits per heavy atom. The molecule has 0 radical (unpaired) electrons. The maximum absolute atomic E-state index is 12.8. The number of piperidine rings is 1. The molecule has 2 N–H and O–H groups in total. The smallest absolute Gasteiger partial charge is 0.407 e. The number of nitrogens with zero attached hydrogens (tertiary/aromatic N) is 1. The number of carbonyl (C=O) groups is 3. The third-order valence-electron chi connectivity index (χ3n) is 7.28. The van der Waals surface area contributed by atoms with Crippen LogP contribution >= 0.6 is 0 Å². The summed E-state index contributed by atoms with van der Waals surface area (Å²) in [5.74, 6) is -1.15. The van der Waals surface area contributed by atoms with Gasteiger partial charge in [0.05, 0.1) is 0 Å². The molecule has 35 heavy (non-hydrogen) atoms. The summed E-state index contributed by atoms with van der Waals surface area (Å²) in [5.41, 5.74) is 3.37. The van der Waals surface area contributed by atoms with Crippen molar-refractivity contribution in [1.29, 1.82) is 0 Å². The van der Waals surface area contributed by atoms with Crippen LogP contribution in [0.3, 0.4) is 0 Å². The number of benzene rings is 2. The lowest BCUT2D eigenvalue weighted by Crippen LogP contribution is -2.52. The van der Waals surface area contributed by atoms with E-state index in [1.54, 1.807) is 4.90 Å². The van der Waals surface area contributed by atoms with E-state index in [9.17, 15) is 19.5 Å². The van der Waals surface area contributed by atoms with Crippen molar-refractivity contribution in [2.75, 3.05) is 26.8 Å². The first-order valence-electron chi connectivity index (χ1n) is 12.1. The summed E-state index contributed by atoms with van der Waals surface area (Å²) in [7, 11) is 1.39. The van der Waals surface area contributed by atoms with Gasteiger partial charge in [-0.05, 0) is 28.7 Å². The zero-order valence-corrected chi connectivity index (χ0v) is 20.2. The molecule has 1 aliphatic carbocycles. The molecular formula is C27H32N2O6. The number of aliphatic carboxylic acids is 1. The second-order valence-electron chi connectivity index (χ2n) is 9.16.